The molecule has 0 rings (SSSR count). The molecule has 0 aromatic rings. The van der Waals surface area contributed by atoms with Crippen LogP contribution in [0.3, 0.4) is 0 Å². The van der Waals surface area contributed by atoms with Gasteiger partial charge in [-0.25, -0.2) is 9.36 Å². The predicted molar refractivity (Wildman–Crippen MR) is 62.2 cm³/mol. The summed E-state index contributed by atoms with van der Waals surface area (Å²) < 4.78 is 19.5. The zero-order chi connectivity index (χ0) is 13.1. The van der Waals surface area contributed by atoms with Gasteiger partial charge in [-0.2, -0.15) is 0 Å². The van der Waals surface area contributed by atoms with E-state index in [0.717, 1.165) is 19.3 Å². The van der Waals surface area contributed by atoms with E-state index in [2.05, 4.69) is 4.52 Å². The van der Waals surface area contributed by atoms with Crippen LogP contribution in [-0.4, -0.2) is 29.0 Å². The number of esters is 1. The fourth-order valence-corrected chi connectivity index (χ4v) is 1.47. The van der Waals surface area contributed by atoms with Crippen LogP contribution in [-0.2, 0) is 18.6 Å². The molecule has 0 aliphatic heterocycles. The maximum Gasteiger partial charge on any atom is 0.469 e. The van der Waals surface area contributed by atoms with Gasteiger partial charge in [-0.1, -0.05) is 12.5 Å². The van der Waals surface area contributed by atoms with Gasteiger partial charge in [0.2, 0.25) is 0 Å². The zero-order valence-electron chi connectivity index (χ0n) is 9.87. The van der Waals surface area contributed by atoms with E-state index >= 15 is 0 Å². The lowest BCUT2D eigenvalue weighted by molar-refractivity contribution is -0.137. The number of hydrogen-bond acceptors (Lipinski definition) is 4. The summed E-state index contributed by atoms with van der Waals surface area (Å²) in [6.45, 7) is 2.15. The highest BCUT2D eigenvalue weighted by atomic mass is 31.2. The first kappa shape index (κ1) is 16.3. The number of phosphoric acid groups is 1. The highest BCUT2D eigenvalue weighted by Crippen LogP contribution is 2.35. The second-order valence-corrected chi connectivity index (χ2v) is 4.64. The highest BCUT2D eigenvalue weighted by Gasteiger charge is 2.12. The van der Waals surface area contributed by atoms with Gasteiger partial charge in [0, 0.05) is 6.08 Å². The maximum absolute atomic E-state index is 10.9. The van der Waals surface area contributed by atoms with E-state index in [1.54, 1.807) is 13.0 Å². The molecule has 0 unspecified atom stereocenters. The number of rotatable bonds is 9. The highest BCUT2D eigenvalue weighted by molar-refractivity contribution is 7.46. The smallest absolute Gasteiger partial charge is 0.463 e. The zero-order valence-corrected chi connectivity index (χ0v) is 10.8. The van der Waals surface area contributed by atoms with E-state index in [0.29, 0.717) is 13.0 Å². The van der Waals surface area contributed by atoms with Crippen LogP contribution >= 0.6 is 7.82 Å². The Kier molecular flexibility index (Phi) is 8.99. The quantitative estimate of drug-likeness (QED) is 0.286. The largest absolute Gasteiger partial charge is 0.469 e. The van der Waals surface area contributed by atoms with E-state index in [1.165, 1.54) is 6.08 Å². The molecule has 100 valence electrons. The van der Waals surface area contributed by atoms with Crippen molar-refractivity contribution >= 4 is 13.8 Å². The van der Waals surface area contributed by atoms with Crippen molar-refractivity contribution in [3.05, 3.63) is 12.2 Å². The number of carbonyl (C=O) groups excluding carboxylic acids is 1. The van der Waals surface area contributed by atoms with Gasteiger partial charge in [0.15, 0.2) is 0 Å². The Morgan fingerprint density at radius 2 is 1.76 bits per heavy atom. The molecule has 0 amide bonds. The second-order valence-electron chi connectivity index (χ2n) is 3.41. The fraction of sp³-hybridized carbons (Fsp3) is 0.700. The van der Waals surface area contributed by atoms with E-state index in [9.17, 15) is 9.36 Å². The maximum atomic E-state index is 10.9. The van der Waals surface area contributed by atoms with Gasteiger partial charge in [0.1, 0.15) is 0 Å². The fourth-order valence-electron chi connectivity index (χ4n) is 1.10. The van der Waals surface area contributed by atoms with Crippen LogP contribution in [0.25, 0.3) is 0 Å². The standard InChI is InChI=1S/C10H19O6P/c1-2-7-10(11)15-8-5-3-4-6-9-16-17(12,13)14/h2,7H,3-6,8-9H2,1H3,(H2,12,13,14). The van der Waals surface area contributed by atoms with Crippen molar-refractivity contribution in [2.75, 3.05) is 13.2 Å². The van der Waals surface area contributed by atoms with Crippen LogP contribution in [0.4, 0.5) is 0 Å². The average molecular weight is 266 g/mol. The molecule has 17 heavy (non-hydrogen) atoms. The summed E-state index contributed by atoms with van der Waals surface area (Å²) in [5.41, 5.74) is 0. The molecule has 0 aliphatic rings. The molecule has 0 atom stereocenters. The monoisotopic (exact) mass is 266 g/mol. The number of unbranched alkanes of at least 4 members (excludes halogenated alkanes) is 3. The first-order valence-electron chi connectivity index (χ1n) is 5.45. The summed E-state index contributed by atoms with van der Waals surface area (Å²) >= 11 is 0. The third kappa shape index (κ3) is 13.3. The van der Waals surface area contributed by atoms with Crippen LogP contribution in [0.15, 0.2) is 12.2 Å². The molecule has 0 spiro atoms. The number of carbonyl (C=O) groups is 1. The van der Waals surface area contributed by atoms with Gasteiger partial charge in [-0.05, 0) is 26.2 Å². The molecule has 0 aromatic carbocycles. The second kappa shape index (κ2) is 9.36. The lowest BCUT2D eigenvalue weighted by atomic mass is 10.2. The molecule has 0 radical (unpaired) electrons. The molecule has 0 heterocycles. The Bertz CT molecular complexity index is 283. The molecule has 0 aliphatic carbocycles. The van der Waals surface area contributed by atoms with Gasteiger partial charge >= 0.3 is 13.8 Å². The van der Waals surface area contributed by atoms with E-state index in [-0.39, 0.29) is 12.6 Å². The SMILES string of the molecule is CC=CC(=O)OCCCCCCOP(=O)(O)O. The average Bonchev–Trinajstić information content (AvgIpc) is 2.21. The summed E-state index contributed by atoms with van der Waals surface area (Å²) in [6.07, 6.45) is 5.89. The van der Waals surface area contributed by atoms with Gasteiger partial charge in [0.25, 0.3) is 0 Å². The lowest BCUT2D eigenvalue weighted by Crippen LogP contribution is -2.02. The van der Waals surface area contributed by atoms with Crippen LogP contribution in [0.2, 0.25) is 0 Å². The van der Waals surface area contributed by atoms with Crippen LogP contribution in [0.5, 0.6) is 0 Å². The molecule has 0 saturated carbocycles. The topological polar surface area (TPSA) is 93.1 Å². The van der Waals surface area contributed by atoms with Gasteiger partial charge < -0.3 is 14.5 Å². The normalized spacial score (nSPS) is 11.9. The Balaban J connectivity index is 3.25. The Morgan fingerprint density at radius 1 is 1.18 bits per heavy atom. The number of allylic oxidation sites excluding steroid dienone is 1. The summed E-state index contributed by atoms with van der Waals surface area (Å²) in [4.78, 5) is 27.7. The molecule has 6 nitrogen and oxygen atoms in total. The van der Waals surface area contributed by atoms with Crippen molar-refractivity contribution < 1.29 is 28.4 Å². The van der Waals surface area contributed by atoms with Gasteiger partial charge in [-0.15, -0.1) is 0 Å². The Morgan fingerprint density at radius 3 is 2.29 bits per heavy atom. The van der Waals surface area contributed by atoms with Gasteiger partial charge in [0.05, 0.1) is 13.2 Å². The van der Waals surface area contributed by atoms with Crippen molar-refractivity contribution in [3.8, 4) is 0 Å². The lowest BCUT2D eigenvalue weighted by Gasteiger charge is -2.05. The third-order valence-electron chi connectivity index (χ3n) is 1.85. The predicted octanol–water partition coefficient (Wildman–Crippen LogP) is 1.78. The van der Waals surface area contributed by atoms with Crippen molar-refractivity contribution in [2.24, 2.45) is 0 Å². The number of phosphoric ester groups is 1. The van der Waals surface area contributed by atoms with Crippen molar-refractivity contribution in [1.29, 1.82) is 0 Å². The first-order chi connectivity index (χ1) is 7.95. The van der Waals surface area contributed by atoms with Crippen molar-refractivity contribution in [2.45, 2.75) is 32.6 Å². The van der Waals surface area contributed by atoms with Crippen LogP contribution in [0.1, 0.15) is 32.6 Å². The molecule has 0 aromatic heterocycles. The summed E-state index contributed by atoms with van der Waals surface area (Å²) in [7, 11) is -4.32. The number of hydrogen-bond donors (Lipinski definition) is 2. The minimum absolute atomic E-state index is 0.0443. The summed E-state index contributed by atoms with van der Waals surface area (Å²) in [6, 6.07) is 0. The molecular formula is C10H19O6P. The molecule has 0 saturated heterocycles. The molecule has 2 N–H and O–H groups in total. The van der Waals surface area contributed by atoms with E-state index in [4.69, 9.17) is 14.5 Å². The minimum Gasteiger partial charge on any atom is -0.463 e. The molecule has 7 heteroatoms. The number of ether oxygens (including phenoxy) is 1. The molecule has 0 fully saturated rings. The van der Waals surface area contributed by atoms with Crippen LogP contribution < -0.4 is 0 Å². The Labute approximate surface area is 101 Å². The summed E-state index contributed by atoms with van der Waals surface area (Å²) in [5.74, 6) is -0.350. The van der Waals surface area contributed by atoms with E-state index < -0.39 is 7.82 Å². The minimum atomic E-state index is -4.32. The summed E-state index contributed by atoms with van der Waals surface area (Å²) in [5, 5.41) is 0. The molecular weight excluding hydrogens is 247 g/mol. The van der Waals surface area contributed by atoms with Gasteiger partial charge in [-0.3, -0.25) is 4.52 Å². The van der Waals surface area contributed by atoms with E-state index in [1.807, 2.05) is 0 Å². The Hall–Kier alpha value is -0.680. The van der Waals surface area contributed by atoms with Crippen molar-refractivity contribution in [3.63, 3.8) is 0 Å². The molecule has 0 bridgehead atoms. The first-order valence-corrected chi connectivity index (χ1v) is 6.98. The third-order valence-corrected chi connectivity index (χ3v) is 2.36. The van der Waals surface area contributed by atoms with Crippen LogP contribution in [0, 0.1) is 0 Å². The van der Waals surface area contributed by atoms with Crippen molar-refractivity contribution in [1.82, 2.24) is 0 Å².